The first kappa shape index (κ1) is 11.4. The normalized spacial score (nSPS) is 9.87. The maximum atomic E-state index is 11.8. The van der Waals surface area contributed by atoms with Crippen molar-refractivity contribution in [1.29, 1.82) is 0 Å². The Balaban J connectivity index is 3.23. The summed E-state index contributed by atoms with van der Waals surface area (Å²) in [5.41, 5.74) is 1.30. The van der Waals surface area contributed by atoms with Gasteiger partial charge in [-0.2, -0.15) is 0 Å². The molecule has 0 spiro atoms. The van der Waals surface area contributed by atoms with E-state index < -0.39 is 0 Å². The maximum absolute atomic E-state index is 11.8. The number of anilines is 1. The first-order valence-electron chi connectivity index (χ1n) is 4.65. The predicted octanol–water partition coefficient (Wildman–Crippen LogP) is 1.16. The second-order valence-electron chi connectivity index (χ2n) is 3.80. The van der Waals surface area contributed by atoms with Crippen LogP contribution in [0.2, 0.25) is 0 Å². The van der Waals surface area contributed by atoms with Gasteiger partial charge in [-0.3, -0.25) is 4.79 Å². The van der Waals surface area contributed by atoms with E-state index in [1.54, 1.807) is 31.1 Å². The van der Waals surface area contributed by atoms with Crippen LogP contribution in [0, 0.1) is 0 Å². The summed E-state index contributed by atoms with van der Waals surface area (Å²) < 4.78 is 0. The Morgan fingerprint density at radius 3 is 2.27 bits per heavy atom. The largest absolute Gasteiger partial charge is 0.508 e. The third-order valence-corrected chi connectivity index (χ3v) is 2.10. The molecule has 0 aromatic heterocycles. The lowest BCUT2D eigenvalue weighted by Gasteiger charge is -2.19. The highest BCUT2D eigenvalue weighted by molar-refractivity contribution is 5.99. The molecule has 0 unspecified atom stereocenters. The van der Waals surface area contributed by atoms with Gasteiger partial charge in [-0.25, -0.2) is 0 Å². The lowest BCUT2D eigenvalue weighted by molar-refractivity contribution is 0.0828. The number of aromatic hydroxyl groups is 1. The molecule has 82 valence electrons. The molecule has 4 heteroatoms. The SMILES string of the molecule is CN(C)C(=O)c1ccc(O)cc1N(C)C. The molecule has 0 bridgehead atoms. The van der Waals surface area contributed by atoms with Crippen LogP contribution >= 0.6 is 0 Å². The van der Waals surface area contributed by atoms with Crippen LogP contribution in [0.5, 0.6) is 5.75 Å². The molecule has 1 N–H and O–H groups in total. The Kier molecular flexibility index (Phi) is 3.19. The Morgan fingerprint density at radius 2 is 1.80 bits per heavy atom. The van der Waals surface area contributed by atoms with Crippen LogP contribution < -0.4 is 4.90 Å². The van der Waals surface area contributed by atoms with Crippen LogP contribution in [-0.2, 0) is 0 Å². The number of carbonyl (C=O) groups is 1. The van der Waals surface area contributed by atoms with Crippen molar-refractivity contribution in [2.75, 3.05) is 33.1 Å². The van der Waals surface area contributed by atoms with E-state index in [9.17, 15) is 9.90 Å². The summed E-state index contributed by atoms with van der Waals surface area (Å²) in [6, 6.07) is 4.73. The minimum atomic E-state index is -0.0706. The van der Waals surface area contributed by atoms with Crippen molar-refractivity contribution in [1.82, 2.24) is 4.90 Å². The first-order valence-corrected chi connectivity index (χ1v) is 4.65. The molecule has 0 aliphatic rings. The van der Waals surface area contributed by atoms with Crippen LogP contribution in [-0.4, -0.2) is 44.1 Å². The van der Waals surface area contributed by atoms with Crippen molar-refractivity contribution in [3.8, 4) is 5.75 Å². The molecule has 0 saturated heterocycles. The predicted molar refractivity (Wildman–Crippen MR) is 60.5 cm³/mol. The van der Waals surface area contributed by atoms with Crippen molar-refractivity contribution in [3.63, 3.8) is 0 Å². The topological polar surface area (TPSA) is 43.8 Å². The van der Waals surface area contributed by atoms with Crippen LogP contribution in [0.4, 0.5) is 5.69 Å². The molecule has 0 heterocycles. The van der Waals surface area contributed by atoms with E-state index in [0.29, 0.717) is 11.3 Å². The van der Waals surface area contributed by atoms with Crippen molar-refractivity contribution >= 4 is 11.6 Å². The number of nitrogens with zero attached hydrogens (tertiary/aromatic N) is 2. The number of rotatable bonds is 2. The minimum Gasteiger partial charge on any atom is -0.508 e. The number of benzene rings is 1. The summed E-state index contributed by atoms with van der Waals surface area (Å²) in [5, 5.41) is 9.36. The summed E-state index contributed by atoms with van der Waals surface area (Å²) in [6.45, 7) is 0. The minimum absolute atomic E-state index is 0.0706. The molecule has 0 aliphatic heterocycles. The van der Waals surface area contributed by atoms with Gasteiger partial charge in [-0.05, 0) is 12.1 Å². The quantitative estimate of drug-likeness (QED) is 0.793. The molecule has 1 aromatic carbocycles. The zero-order valence-corrected chi connectivity index (χ0v) is 9.48. The number of amides is 1. The number of hydrogen-bond acceptors (Lipinski definition) is 3. The highest BCUT2D eigenvalue weighted by atomic mass is 16.3. The Labute approximate surface area is 89.7 Å². The summed E-state index contributed by atoms with van der Waals surface area (Å²) in [6.07, 6.45) is 0. The molecule has 0 atom stereocenters. The monoisotopic (exact) mass is 208 g/mol. The molecule has 0 radical (unpaired) electrons. The summed E-state index contributed by atoms with van der Waals surface area (Å²) in [4.78, 5) is 15.1. The molecule has 1 rings (SSSR count). The van der Waals surface area contributed by atoms with E-state index in [4.69, 9.17) is 0 Å². The Bertz CT molecular complexity index is 373. The number of carbonyl (C=O) groups excluding carboxylic acids is 1. The molecule has 1 amide bonds. The molecule has 0 aliphatic carbocycles. The fourth-order valence-corrected chi connectivity index (χ4v) is 1.31. The van der Waals surface area contributed by atoms with E-state index in [1.165, 1.54) is 11.0 Å². The van der Waals surface area contributed by atoms with Crippen LogP contribution in [0.15, 0.2) is 18.2 Å². The molecule has 0 saturated carbocycles. The Hall–Kier alpha value is -1.71. The molecular formula is C11H16N2O2. The van der Waals surface area contributed by atoms with Gasteiger partial charge in [0.15, 0.2) is 0 Å². The van der Waals surface area contributed by atoms with Crippen molar-refractivity contribution in [2.45, 2.75) is 0 Å². The zero-order chi connectivity index (χ0) is 11.6. The van der Waals surface area contributed by atoms with Gasteiger partial charge in [-0.15, -0.1) is 0 Å². The second-order valence-corrected chi connectivity index (χ2v) is 3.80. The van der Waals surface area contributed by atoms with Crippen LogP contribution in [0.1, 0.15) is 10.4 Å². The van der Waals surface area contributed by atoms with Gasteiger partial charge in [-0.1, -0.05) is 0 Å². The van der Waals surface area contributed by atoms with Gasteiger partial charge in [0.25, 0.3) is 5.91 Å². The van der Waals surface area contributed by atoms with Gasteiger partial charge in [0.1, 0.15) is 5.75 Å². The van der Waals surface area contributed by atoms with Crippen molar-refractivity contribution in [2.24, 2.45) is 0 Å². The second kappa shape index (κ2) is 4.21. The third-order valence-electron chi connectivity index (χ3n) is 2.10. The summed E-state index contributed by atoms with van der Waals surface area (Å²) in [5.74, 6) is 0.0905. The average Bonchev–Trinajstić information content (AvgIpc) is 2.16. The van der Waals surface area contributed by atoms with E-state index in [2.05, 4.69) is 0 Å². The van der Waals surface area contributed by atoms with Gasteiger partial charge in [0.2, 0.25) is 0 Å². The fraction of sp³-hybridized carbons (Fsp3) is 0.364. The molecule has 1 aromatic rings. The van der Waals surface area contributed by atoms with E-state index in [1.807, 2.05) is 14.1 Å². The lowest BCUT2D eigenvalue weighted by Crippen LogP contribution is -2.24. The highest BCUT2D eigenvalue weighted by Gasteiger charge is 2.14. The fourth-order valence-electron chi connectivity index (χ4n) is 1.31. The maximum Gasteiger partial charge on any atom is 0.255 e. The van der Waals surface area contributed by atoms with Gasteiger partial charge >= 0.3 is 0 Å². The standard InChI is InChI=1S/C11H16N2O2/c1-12(2)10-7-8(14)5-6-9(10)11(15)13(3)4/h5-7,14H,1-4H3. The number of phenolic OH excluding ortho intramolecular Hbond substituents is 1. The molecule has 4 nitrogen and oxygen atoms in total. The van der Waals surface area contributed by atoms with E-state index in [0.717, 1.165) is 0 Å². The number of hydrogen-bond donors (Lipinski definition) is 1. The molecule has 0 fully saturated rings. The third kappa shape index (κ3) is 2.40. The summed E-state index contributed by atoms with van der Waals surface area (Å²) in [7, 11) is 7.08. The average molecular weight is 208 g/mol. The van der Waals surface area contributed by atoms with E-state index >= 15 is 0 Å². The molecule has 15 heavy (non-hydrogen) atoms. The zero-order valence-electron chi connectivity index (χ0n) is 9.48. The first-order chi connectivity index (χ1) is 6.93. The smallest absolute Gasteiger partial charge is 0.255 e. The Morgan fingerprint density at radius 1 is 1.20 bits per heavy atom. The van der Waals surface area contributed by atoms with Crippen LogP contribution in [0.3, 0.4) is 0 Å². The highest BCUT2D eigenvalue weighted by Crippen LogP contribution is 2.24. The van der Waals surface area contributed by atoms with Crippen molar-refractivity contribution in [3.05, 3.63) is 23.8 Å². The molecular weight excluding hydrogens is 192 g/mol. The van der Waals surface area contributed by atoms with Gasteiger partial charge in [0.05, 0.1) is 11.3 Å². The summed E-state index contributed by atoms with van der Waals surface area (Å²) >= 11 is 0. The van der Waals surface area contributed by atoms with Crippen LogP contribution in [0.25, 0.3) is 0 Å². The van der Waals surface area contributed by atoms with Gasteiger partial charge < -0.3 is 14.9 Å². The lowest BCUT2D eigenvalue weighted by atomic mass is 10.1. The van der Waals surface area contributed by atoms with Crippen molar-refractivity contribution < 1.29 is 9.90 Å². The van der Waals surface area contributed by atoms with Gasteiger partial charge in [0, 0.05) is 34.3 Å². The number of phenols is 1. The van der Waals surface area contributed by atoms with E-state index in [-0.39, 0.29) is 11.7 Å².